The predicted molar refractivity (Wildman–Crippen MR) is 120 cm³/mol. The fourth-order valence-corrected chi connectivity index (χ4v) is 3.76. The molecule has 0 spiro atoms. The van der Waals surface area contributed by atoms with Gasteiger partial charge in [-0.2, -0.15) is 0 Å². The van der Waals surface area contributed by atoms with Gasteiger partial charge in [-0.25, -0.2) is 0 Å². The average molecular weight is 398 g/mol. The van der Waals surface area contributed by atoms with Crippen LogP contribution < -0.4 is 14.4 Å². The number of rotatable bonds is 10. The lowest BCUT2D eigenvalue weighted by atomic mass is 10.2. The first-order valence-electron chi connectivity index (χ1n) is 10.6. The van der Waals surface area contributed by atoms with Crippen LogP contribution in [0.2, 0.25) is 0 Å². The summed E-state index contributed by atoms with van der Waals surface area (Å²) in [6, 6.07) is 16.8. The Hall–Kier alpha value is -2.24. The largest absolute Gasteiger partial charge is 0.497 e. The zero-order valence-electron chi connectivity index (χ0n) is 18.1. The molecule has 158 valence electrons. The fraction of sp³-hybridized carbons (Fsp3) is 0.500. The summed E-state index contributed by atoms with van der Waals surface area (Å²) in [5.74, 6) is 1.91. The Bertz CT molecular complexity index is 742. The molecule has 1 fully saturated rings. The van der Waals surface area contributed by atoms with Crippen LogP contribution in [-0.2, 0) is 6.54 Å². The number of unbranched alkanes of at least 4 members (excludes halogenated alkanes) is 1. The maximum Gasteiger partial charge on any atom is 0.120 e. The molecule has 0 atom stereocenters. The molecule has 2 aromatic rings. The molecule has 0 aliphatic carbocycles. The van der Waals surface area contributed by atoms with Gasteiger partial charge < -0.3 is 19.3 Å². The molecule has 2 aromatic carbocycles. The Morgan fingerprint density at radius 1 is 0.897 bits per heavy atom. The molecule has 5 nitrogen and oxygen atoms in total. The molecule has 0 unspecified atom stereocenters. The molecule has 1 aliphatic heterocycles. The van der Waals surface area contributed by atoms with E-state index in [4.69, 9.17) is 9.47 Å². The number of anilines is 1. The highest BCUT2D eigenvalue weighted by Crippen LogP contribution is 2.22. The monoisotopic (exact) mass is 397 g/mol. The normalized spacial score (nSPS) is 15.0. The summed E-state index contributed by atoms with van der Waals surface area (Å²) in [6.07, 6.45) is 2.27. The van der Waals surface area contributed by atoms with E-state index < -0.39 is 0 Å². The number of nitrogens with zero attached hydrogens (tertiary/aromatic N) is 3. The molecule has 3 rings (SSSR count). The Morgan fingerprint density at radius 2 is 1.66 bits per heavy atom. The molecule has 0 radical (unpaired) electrons. The molecule has 5 heteroatoms. The van der Waals surface area contributed by atoms with Crippen LogP contribution in [0.15, 0.2) is 48.5 Å². The van der Waals surface area contributed by atoms with E-state index in [2.05, 4.69) is 71.3 Å². The number of piperazine rings is 1. The van der Waals surface area contributed by atoms with Crippen molar-refractivity contribution in [1.29, 1.82) is 0 Å². The van der Waals surface area contributed by atoms with Crippen molar-refractivity contribution in [2.75, 3.05) is 65.4 Å². The summed E-state index contributed by atoms with van der Waals surface area (Å²) in [6.45, 7) is 7.25. The zero-order valence-corrected chi connectivity index (χ0v) is 18.1. The molecule has 1 heterocycles. The minimum atomic E-state index is 0.787. The lowest BCUT2D eigenvalue weighted by molar-refractivity contribution is 0.238. The van der Waals surface area contributed by atoms with Crippen molar-refractivity contribution in [2.45, 2.75) is 19.4 Å². The third-order valence-electron chi connectivity index (χ3n) is 5.33. The zero-order chi connectivity index (χ0) is 20.5. The number of hydrogen-bond donors (Lipinski definition) is 0. The molecule has 0 aromatic heterocycles. The summed E-state index contributed by atoms with van der Waals surface area (Å²) in [4.78, 5) is 7.18. The van der Waals surface area contributed by atoms with Crippen molar-refractivity contribution < 1.29 is 9.47 Å². The summed E-state index contributed by atoms with van der Waals surface area (Å²) in [7, 11) is 5.90. The molecular formula is C24H35N3O2. The van der Waals surface area contributed by atoms with Gasteiger partial charge in [0.25, 0.3) is 0 Å². The average Bonchev–Trinajstić information content (AvgIpc) is 2.74. The molecule has 0 amide bonds. The van der Waals surface area contributed by atoms with Crippen LogP contribution >= 0.6 is 0 Å². The van der Waals surface area contributed by atoms with Crippen molar-refractivity contribution in [1.82, 2.24) is 9.80 Å². The second-order valence-electron chi connectivity index (χ2n) is 7.97. The predicted octanol–water partition coefficient (Wildman–Crippen LogP) is 3.74. The van der Waals surface area contributed by atoms with Crippen molar-refractivity contribution in [3.63, 3.8) is 0 Å². The van der Waals surface area contributed by atoms with Gasteiger partial charge in [-0.05, 0) is 63.3 Å². The summed E-state index contributed by atoms with van der Waals surface area (Å²) >= 11 is 0. The van der Waals surface area contributed by atoms with Crippen LogP contribution in [0.5, 0.6) is 11.5 Å². The highest BCUT2D eigenvalue weighted by Gasteiger charge is 2.17. The van der Waals surface area contributed by atoms with Gasteiger partial charge >= 0.3 is 0 Å². The van der Waals surface area contributed by atoms with Gasteiger partial charge in [0.1, 0.15) is 11.5 Å². The molecule has 0 bridgehead atoms. The maximum absolute atomic E-state index is 5.96. The third-order valence-corrected chi connectivity index (χ3v) is 5.33. The number of benzene rings is 2. The molecule has 0 saturated carbocycles. The Morgan fingerprint density at radius 3 is 2.41 bits per heavy atom. The minimum Gasteiger partial charge on any atom is -0.497 e. The first-order chi connectivity index (χ1) is 14.1. The highest BCUT2D eigenvalue weighted by molar-refractivity contribution is 5.51. The topological polar surface area (TPSA) is 28.2 Å². The minimum absolute atomic E-state index is 0.787. The number of ether oxygens (including phenoxy) is 2. The van der Waals surface area contributed by atoms with E-state index in [1.54, 1.807) is 7.11 Å². The molecule has 1 aliphatic rings. The molecular weight excluding hydrogens is 362 g/mol. The summed E-state index contributed by atoms with van der Waals surface area (Å²) < 4.78 is 11.3. The Kier molecular flexibility index (Phi) is 8.20. The highest BCUT2D eigenvalue weighted by atomic mass is 16.5. The first-order valence-corrected chi connectivity index (χ1v) is 10.6. The summed E-state index contributed by atoms with van der Waals surface area (Å²) in [5.41, 5.74) is 2.55. The van der Waals surface area contributed by atoms with Crippen LogP contribution in [0, 0.1) is 0 Å². The number of hydrogen-bond acceptors (Lipinski definition) is 5. The quantitative estimate of drug-likeness (QED) is 0.570. The van der Waals surface area contributed by atoms with Crippen molar-refractivity contribution in [3.05, 3.63) is 54.1 Å². The van der Waals surface area contributed by atoms with Gasteiger partial charge in [-0.3, -0.25) is 4.90 Å². The van der Waals surface area contributed by atoms with E-state index in [0.717, 1.165) is 63.8 Å². The van der Waals surface area contributed by atoms with Crippen molar-refractivity contribution in [2.24, 2.45) is 0 Å². The molecule has 1 saturated heterocycles. The van der Waals surface area contributed by atoms with Crippen LogP contribution in [-0.4, -0.2) is 70.3 Å². The van der Waals surface area contributed by atoms with Gasteiger partial charge in [-0.15, -0.1) is 0 Å². The van der Waals surface area contributed by atoms with Gasteiger partial charge in [0.2, 0.25) is 0 Å². The van der Waals surface area contributed by atoms with E-state index in [-0.39, 0.29) is 0 Å². The first kappa shape index (κ1) is 21.5. The van der Waals surface area contributed by atoms with Gasteiger partial charge in [0, 0.05) is 44.5 Å². The molecule has 29 heavy (non-hydrogen) atoms. The summed E-state index contributed by atoms with van der Waals surface area (Å²) in [5, 5.41) is 0. The van der Waals surface area contributed by atoms with Crippen molar-refractivity contribution >= 4 is 5.69 Å². The second-order valence-corrected chi connectivity index (χ2v) is 7.97. The standard InChI is InChI=1S/C24H35N3O2/c1-25(2)20-21-8-6-11-24(18-21)29-17-5-4-12-26-13-15-27(16-14-26)22-9-7-10-23(19-22)28-3/h6-11,18-19H,4-5,12-17,20H2,1-3H3. The fourth-order valence-electron chi connectivity index (χ4n) is 3.76. The van der Waals surface area contributed by atoms with Crippen LogP contribution in [0.3, 0.4) is 0 Å². The van der Waals surface area contributed by atoms with Gasteiger partial charge in [0.05, 0.1) is 13.7 Å². The maximum atomic E-state index is 5.96. The lowest BCUT2D eigenvalue weighted by Gasteiger charge is -2.36. The smallest absolute Gasteiger partial charge is 0.120 e. The van der Waals surface area contributed by atoms with Crippen LogP contribution in [0.4, 0.5) is 5.69 Å². The van der Waals surface area contributed by atoms with Crippen LogP contribution in [0.1, 0.15) is 18.4 Å². The lowest BCUT2D eigenvalue weighted by Crippen LogP contribution is -2.46. The van der Waals surface area contributed by atoms with E-state index in [1.165, 1.54) is 17.7 Å². The Balaban J connectivity index is 1.32. The third kappa shape index (κ3) is 6.94. The second kappa shape index (κ2) is 11.1. The van der Waals surface area contributed by atoms with E-state index in [9.17, 15) is 0 Å². The van der Waals surface area contributed by atoms with Crippen LogP contribution in [0.25, 0.3) is 0 Å². The van der Waals surface area contributed by atoms with Crippen molar-refractivity contribution in [3.8, 4) is 11.5 Å². The molecule has 0 N–H and O–H groups in total. The number of methoxy groups -OCH3 is 1. The SMILES string of the molecule is COc1cccc(N2CCN(CCCCOc3cccc(CN(C)C)c3)CC2)c1. The van der Waals surface area contributed by atoms with Gasteiger partial charge in [-0.1, -0.05) is 18.2 Å². The van der Waals surface area contributed by atoms with E-state index >= 15 is 0 Å². The Labute approximate surface area is 175 Å². The van der Waals surface area contributed by atoms with Gasteiger partial charge in [0.15, 0.2) is 0 Å². The van der Waals surface area contributed by atoms with E-state index in [0.29, 0.717) is 0 Å². The van der Waals surface area contributed by atoms with E-state index in [1.807, 2.05) is 6.07 Å².